The van der Waals surface area contributed by atoms with Gasteiger partial charge in [-0.05, 0) is 43.0 Å². The molecular weight excluding hydrogens is 335 g/mol. The van der Waals surface area contributed by atoms with Crippen molar-refractivity contribution in [3.05, 3.63) is 21.9 Å². The number of aromatic nitrogens is 2. The predicted molar refractivity (Wildman–Crippen MR) is 95.0 cm³/mol. The summed E-state index contributed by atoms with van der Waals surface area (Å²) in [5, 5.41) is 8.76. The van der Waals surface area contributed by atoms with E-state index in [2.05, 4.69) is 44.1 Å². The van der Waals surface area contributed by atoms with Crippen molar-refractivity contribution >= 4 is 31.5 Å². The summed E-state index contributed by atoms with van der Waals surface area (Å²) in [6.45, 7) is 11.3. The minimum Gasteiger partial charge on any atom is -0.410 e. The molecule has 0 aromatic carbocycles. The lowest BCUT2D eigenvalue weighted by molar-refractivity contribution is 0.120. The molecule has 1 saturated carbocycles. The number of hydrogen-bond donors (Lipinski definition) is 0. The molecule has 1 aliphatic rings. The Bertz CT molecular complexity index is 525. The first-order valence-corrected chi connectivity index (χ1v) is 11.6. The van der Waals surface area contributed by atoms with E-state index in [4.69, 9.17) is 27.6 Å². The lowest BCUT2D eigenvalue weighted by atomic mass is 9.96. The van der Waals surface area contributed by atoms with Crippen LogP contribution in [-0.2, 0) is 4.43 Å². The molecule has 0 aliphatic heterocycles. The SMILES string of the molecule is CC(C)(C)[Si](C)(C)OC(c1cc(Cl)nnc1Cl)C1CCCC1. The van der Waals surface area contributed by atoms with Gasteiger partial charge in [0.2, 0.25) is 0 Å². The maximum atomic E-state index is 6.74. The molecule has 1 heterocycles. The largest absolute Gasteiger partial charge is 0.410 e. The molecule has 0 bridgehead atoms. The molecule has 124 valence electrons. The Kier molecular flexibility index (Phi) is 5.58. The van der Waals surface area contributed by atoms with E-state index in [1.54, 1.807) is 0 Å². The van der Waals surface area contributed by atoms with Gasteiger partial charge in [-0.3, -0.25) is 0 Å². The van der Waals surface area contributed by atoms with Gasteiger partial charge in [0.25, 0.3) is 0 Å². The molecule has 22 heavy (non-hydrogen) atoms. The summed E-state index contributed by atoms with van der Waals surface area (Å²) >= 11 is 12.4. The maximum absolute atomic E-state index is 6.74. The Hall–Kier alpha value is -0.163. The summed E-state index contributed by atoms with van der Waals surface area (Å²) in [7, 11) is -1.91. The van der Waals surface area contributed by atoms with Crippen LogP contribution in [0.1, 0.15) is 58.1 Å². The average Bonchev–Trinajstić information content (AvgIpc) is 2.91. The van der Waals surface area contributed by atoms with E-state index in [9.17, 15) is 0 Å². The highest BCUT2D eigenvalue weighted by atomic mass is 35.5. The second-order valence-corrected chi connectivity index (χ2v) is 13.3. The van der Waals surface area contributed by atoms with Crippen LogP contribution in [-0.4, -0.2) is 18.5 Å². The van der Waals surface area contributed by atoms with Gasteiger partial charge in [-0.25, -0.2) is 0 Å². The monoisotopic (exact) mass is 360 g/mol. The van der Waals surface area contributed by atoms with Crippen molar-refractivity contribution in [3.63, 3.8) is 0 Å². The molecular formula is C16H26Cl2N2OSi. The standard InChI is InChI=1S/C16H26Cl2N2OSi/c1-16(2,3)22(4,5)21-14(11-8-6-7-9-11)12-10-13(17)19-20-15(12)18/h10-11,14H,6-9H2,1-5H3. The Balaban J connectivity index is 2.37. The number of nitrogens with zero attached hydrogens (tertiary/aromatic N) is 2. The van der Waals surface area contributed by atoms with Crippen LogP contribution < -0.4 is 0 Å². The number of hydrogen-bond acceptors (Lipinski definition) is 3. The minimum atomic E-state index is -1.91. The highest BCUT2D eigenvalue weighted by Gasteiger charge is 2.42. The van der Waals surface area contributed by atoms with Gasteiger partial charge in [0.1, 0.15) is 0 Å². The highest BCUT2D eigenvalue weighted by molar-refractivity contribution is 6.74. The molecule has 2 rings (SSSR count). The van der Waals surface area contributed by atoms with Crippen molar-refractivity contribution in [2.45, 2.75) is 70.7 Å². The summed E-state index contributed by atoms with van der Waals surface area (Å²) in [6, 6.07) is 1.83. The smallest absolute Gasteiger partial charge is 0.192 e. The average molecular weight is 361 g/mol. The quantitative estimate of drug-likeness (QED) is 0.614. The molecule has 3 nitrogen and oxygen atoms in total. The minimum absolute atomic E-state index is 0.0242. The van der Waals surface area contributed by atoms with Crippen LogP contribution in [0.25, 0.3) is 0 Å². The molecule has 1 atom stereocenters. The normalized spacial score (nSPS) is 18.7. The molecule has 1 fully saturated rings. The van der Waals surface area contributed by atoms with Gasteiger partial charge in [-0.1, -0.05) is 56.8 Å². The first-order valence-electron chi connectivity index (χ1n) is 7.98. The van der Waals surface area contributed by atoms with E-state index in [0.29, 0.717) is 16.2 Å². The summed E-state index contributed by atoms with van der Waals surface area (Å²) in [4.78, 5) is 0. The van der Waals surface area contributed by atoms with Gasteiger partial charge < -0.3 is 4.43 Å². The lowest BCUT2D eigenvalue weighted by Crippen LogP contribution is -2.43. The van der Waals surface area contributed by atoms with Gasteiger partial charge in [0, 0.05) is 5.56 Å². The third-order valence-corrected chi connectivity index (χ3v) is 10.0. The predicted octanol–water partition coefficient (Wildman–Crippen LogP) is 6.04. The van der Waals surface area contributed by atoms with Gasteiger partial charge in [-0.15, -0.1) is 10.2 Å². The lowest BCUT2D eigenvalue weighted by Gasteiger charge is -2.41. The third-order valence-electron chi connectivity index (χ3n) is 5.11. The van der Waals surface area contributed by atoms with E-state index in [-0.39, 0.29) is 11.1 Å². The van der Waals surface area contributed by atoms with Crippen molar-refractivity contribution in [3.8, 4) is 0 Å². The zero-order chi connectivity index (χ0) is 16.5. The second-order valence-electron chi connectivity index (χ2n) is 7.76. The molecule has 1 unspecified atom stereocenters. The van der Waals surface area contributed by atoms with Crippen LogP contribution in [0.2, 0.25) is 28.4 Å². The van der Waals surface area contributed by atoms with Crippen LogP contribution in [0.4, 0.5) is 0 Å². The molecule has 0 radical (unpaired) electrons. The third kappa shape index (κ3) is 4.02. The molecule has 0 saturated heterocycles. The fourth-order valence-corrected chi connectivity index (χ4v) is 4.40. The topological polar surface area (TPSA) is 35.0 Å². The van der Waals surface area contributed by atoms with E-state index in [1.165, 1.54) is 25.7 Å². The van der Waals surface area contributed by atoms with Crippen LogP contribution in [0, 0.1) is 5.92 Å². The van der Waals surface area contributed by atoms with Crippen molar-refractivity contribution in [2.24, 2.45) is 5.92 Å². The summed E-state index contributed by atoms with van der Waals surface area (Å²) in [5.41, 5.74) is 0.901. The Morgan fingerprint density at radius 1 is 1.18 bits per heavy atom. The van der Waals surface area contributed by atoms with E-state index in [0.717, 1.165) is 5.56 Å². The van der Waals surface area contributed by atoms with Crippen LogP contribution >= 0.6 is 23.2 Å². The van der Waals surface area contributed by atoms with Crippen LogP contribution in [0.5, 0.6) is 0 Å². The summed E-state index contributed by atoms with van der Waals surface area (Å²) in [5.74, 6) is 0.492. The Morgan fingerprint density at radius 3 is 2.32 bits per heavy atom. The van der Waals surface area contributed by atoms with Crippen LogP contribution in [0.15, 0.2) is 6.07 Å². The van der Waals surface area contributed by atoms with E-state index in [1.807, 2.05) is 6.07 Å². The Morgan fingerprint density at radius 2 is 1.77 bits per heavy atom. The van der Waals surface area contributed by atoms with Gasteiger partial charge in [0.05, 0.1) is 6.10 Å². The van der Waals surface area contributed by atoms with Gasteiger partial charge in [-0.2, -0.15) is 0 Å². The van der Waals surface area contributed by atoms with Crippen molar-refractivity contribution in [1.29, 1.82) is 0 Å². The number of halogens is 2. The highest BCUT2D eigenvalue weighted by Crippen LogP contribution is 2.46. The van der Waals surface area contributed by atoms with Crippen molar-refractivity contribution in [1.82, 2.24) is 10.2 Å². The first kappa shape index (κ1) is 18.2. The zero-order valence-corrected chi connectivity index (χ0v) is 16.6. The van der Waals surface area contributed by atoms with Crippen molar-refractivity contribution < 1.29 is 4.43 Å². The van der Waals surface area contributed by atoms with E-state index >= 15 is 0 Å². The molecule has 1 aromatic heterocycles. The molecule has 0 amide bonds. The van der Waals surface area contributed by atoms with Crippen LogP contribution in [0.3, 0.4) is 0 Å². The molecule has 0 spiro atoms. The molecule has 0 N–H and O–H groups in total. The van der Waals surface area contributed by atoms with E-state index < -0.39 is 8.32 Å². The fourth-order valence-electron chi connectivity index (χ4n) is 2.73. The first-order chi connectivity index (χ1) is 10.1. The van der Waals surface area contributed by atoms with Gasteiger partial charge >= 0.3 is 0 Å². The number of rotatable bonds is 4. The zero-order valence-electron chi connectivity index (χ0n) is 14.1. The summed E-state index contributed by atoms with van der Waals surface area (Å²) in [6.07, 6.45) is 4.84. The van der Waals surface area contributed by atoms with Gasteiger partial charge in [0.15, 0.2) is 18.6 Å². The fraction of sp³-hybridized carbons (Fsp3) is 0.750. The Labute approximate surface area is 144 Å². The summed E-state index contributed by atoms with van der Waals surface area (Å²) < 4.78 is 6.74. The molecule has 1 aromatic rings. The maximum Gasteiger partial charge on any atom is 0.192 e. The molecule has 6 heteroatoms. The second kappa shape index (κ2) is 6.76. The van der Waals surface area contributed by atoms with Crippen molar-refractivity contribution in [2.75, 3.05) is 0 Å². The molecule has 1 aliphatic carbocycles.